The standard InChI is InChI=1S/C29H47N5O3/c1-5-24(26(32-25(35)6-2)27(36)34-19-17-33(4)18-20-34)21-13-15-23(16-14-21)31-28(37)29(3,30)22-11-9-7-8-10-12-22/h13-16,22,24,26H,5-12,17-20,30H2,1-4H3,(H,31,37)(H,32,35)/t24-,26+,29+/m0/s1. The number of hydrogen-bond acceptors (Lipinski definition) is 5. The van der Waals surface area contributed by atoms with E-state index in [1.54, 1.807) is 6.92 Å². The minimum atomic E-state index is -0.917. The molecule has 0 bridgehead atoms. The van der Waals surface area contributed by atoms with Crippen LogP contribution >= 0.6 is 0 Å². The number of piperazine rings is 1. The average molecular weight is 514 g/mol. The summed E-state index contributed by atoms with van der Waals surface area (Å²) in [5, 5.41) is 6.02. The molecule has 1 aliphatic heterocycles. The van der Waals surface area contributed by atoms with Gasteiger partial charge in [0.15, 0.2) is 0 Å². The highest BCUT2D eigenvalue weighted by Gasteiger charge is 2.38. The number of nitrogens with one attached hydrogen (secondary N) is 2. The van der Waals surface area contributed by atoms with Crippen LogP contribution in [-0.4, -0.2) is 72.3 Å². The van der Waals surface area contributed by atoms with E-state index in [1.165, 1.54) is 12.8 Å². The number of hydrogen-bond donors (Lipinski definition) is 3. The summed E-state index contributed by atoms with van der Waals surface area (Å²) in [6.45, 7) is 8.66. The van der Waals surface area contributed by atoms with Crippen LogP contribution in [0.5, 0.6) is 0 Å². The first-order valence-corrected chi connectivity index (χ1v) is 14.1. The number of rotatable bonds is 9. The molecule has 3 rings (SSSR count). The summed E-state index contributed by atoms with van der Waals surface area (Å²) < 4.78 is 0. The summed E-state index contributed by atoms with van der Waals surface area (Å²) in [6, 6.07) is 7.02. The van der Waals surface area contributed by atoms with Gasteiger partial charge in [0.25, 0.3) is 0 Å². The summed E-state index contributed by atoms with van der Waals surface area (Å²) in [5.74, 6) is -0.296. The normalized spacial score (nSPS) is 20.8. The summed E-state index contributed by atoms with van der Waals surface area (Å²) >= 11 is 0. The highest BCUT2D eigenvalue weighted by atomic mass is 16.2. The Morgan fingerprint density at radius 2 is 1.59 bits per heavy atom. The fourth-order valence-corrected chi connectivity index (χ4v) is 5.64. The Morgan fingerprint density at radius 3 is 2.14 bits per heavy atom. The summed E-state index contributed by atoms with van der Waals surface area (Å²) in [6.07, 6.45) is 7.68. The molecular formula is C29H47N5O3. The molecule has 1 aromatic rings. The van der Waals surface area contributed by atoms with Gasteiger partial charge in [0.05, 0.1) is 5.54 Å². The molecule has 2 fully saturated rings. The summed E-state index contributed by atoms with van der Waals surface area (Å²) in [7, 11) is 2.05. The third kappa shape index (κ3) is 7.54. The van der Waals surface area contributed by atoms with Gasteiger partial charge in [0, 0.05) is 44.2 Å². The quantitative estimate of drug-likeness (QED) is 0.438. The van der Waals surface area contributed by atoms with Crippen molar-refractivity contribution >= 4 is 23.4 Å². The van der Waals surface area contributed by atoms with Crippen molar-refractivity contribution in [3.05, 3.63) is 29.8 Å². The van der Waals surface area contributed by atoms with E-state index in [1.807, 2.05) is 43.0 Å². The molecule has 1 aliphatic carbocycles. The van der Waals surface area contributed by atoms with Crippen LogP contribution in [0.3, 0.4) is 0 Å². The largest absolute Gasteiger partial charge is 0.344 e. The van der Waals surface area contributed by atoms with Gasteiger partial charge >= 0.3 is 0 Å². The molecule has 2 aliphatic rings. The van der Waals surface area contributed by atoms with Crippen LogP contribution in [0.25, 0.3) is 0 Å². The number of amides is 3. The van der Waals surface area contributed by atoms with Crippen LogP contribution in [0.2, 0.25) is 0 Å². The molecule has 0 radical (unpaired) electrons. The first kappa shape index (κ1) is 29.1. The van der Waals surface area contributed by atoms with Gasteiger partial charge in [-0.1, -0.05) is 51.7 Å². The molecular weight excluding hydrogens is 466 g/mol. The number of nitrogens with zero attached hydrogens (tertiary/aromatic N) is 2. The molecule has 0 aromatic heterocycles. The minimum absolute atomic E-state index is 0.0265. The Hall–Kier alpha value is -2.45. The van der Waals surface area contributed by atoms with Gasteiger partial charge < -0.3 is 26.2 Å². The predicted octanol–water partition coefficient (Wildman–Crippen LogP) is 3.48. The lowest BCUT2D eigenvalue weighted by atomic mass is 9.80. The lowest BCUT2D eigenvalue weighted by Gasteiger charge is -2.37. The van der Waals surface area contributed by atoms with E-state index in [0.29, 0.717) is 31.6 Å². The Balaban J connectivity index is 1.73. The van der Waals surface area contributed by atoms with Crippen LogP contribution in [0, 0.1) is 5.92 Å². The smallest absolute Gasteiger partial charge is 0.245 e. The summed E-state index contributed by atoms with van der Waals surface area (Å²) in [4.78, 5) is 43.1. The van der Waals surface area contributed by atoms with Gasteiger partial charge in [-0.3, -0.25) is 14.4 Å². The zero-order valence-electron chi connectivity index (χ0n) is 23.2. The Bertz CT molecular complexity index is 901. The van der Waals surface area contributed by atoms with E-state index < -0.39 is 11.6 Å². The lowest BCUT2D eigenvalue weighted by molar-refractivity contribution is -0.138. The molecule has 1 saturated carbocycles. The first-order chi connectivity index (χ1) is 17.7. The molecule has 8 heteroatoms. The molecule has 0 unspecified atom stereocenters. The second-order valence-electron chi connectivity index (χ2n) is 11.1. The number of benzene rings is 1. The van der Waals surface area contributed by atoms with Gasteiger partial charge in [-0.2, -0.15) is 0 Å². The van der Waals surface area contributed by atoms with Crippen molar-refractivity contribution in [3.8, 4) is 0 Å². The first-order valence-electron chi connectivity index (χ1n) is 14.1. The zero-order valence-corrected chi connectivity index (χ0v) is 23.2. The molecule has 1 heterocycles. The van der Waals surface area contributed by atoms with E-state index in [2.05, 4.69) is 22.6 Å². The molecule has 8 nitrogen and oxygen atoms in total. The van der Waals surface area contributed by atoms with Crippen LogP contribution in [0.15, 0.2) is 24.3 Å². The molecule has 4 N–H and O–H groups in total. The maximum Gasteiger partial charge on any atom is 0.245 e. The van der Waals surface area contributed by atoms with Gasteiger partial charge in [-0.15, -0.1) is 0 Å². The van der Waals surface area contributed by atoms with Crippen molar-refractivity contribution in [1.82, 2.24) is 15.1 Å². The van der Waals surface area contributed by atoms with Gasteiger partial charge in [-0.05, 0) is 56.8 Å². The van der Waals surface area contributed by atoms with E-state index in [-0.39, 0.29) is 29.6 Å². The second-order valence-corrected chi connectivity index (χ2v) is 11.1. The van der Waals surface area contributed by atoms with E-state index in [0.717, 1.165) is 44.3 Å². The second kappa shape index (κ2) is 13.4. The maximum atomic E-state index is 13.5. The molecule has 1 saturated heterocycles. The third-order valence-corrected chi connectivity index (χ3v) is 8.35. The topological polar surface area (TPSA) is 108 Å². The highest BCUT2D eigenvalue weighted by Crippen LogP contribution is 2.32. The lowest BCUT2D eigenvalue weighted by Crippen LogP contribution is -2.56. The highest BCUT2D eigenvalue weighted by molar-refractivity contribution is 5.98. The van der Waals surface area contributed by atoms with Gasteiger partial charge in [0.1, 0.15) is 6.04 Å². The number of carbonyl (C=O) groups excluding carboxylic acids is 3. The van der Waals surface area contributed by atoms with Crippen molar-refractivity contribution in [2.45, 2.75) is 89.6 Å². The van der Waals surface area contributed by atoms with E-state index >= 15 is 0 Å². The van der Waals surface area contributed by atoms with Crippen LogP contribution in [0.4, 0.5) is 5.69 Å². The molecule has 0 spiro atoms. The Labute approximate surface area is 222 Å². The van der Waals surface area contributed by atoms with Crippen molar-refractivity contribution in [2.24, 2.45) is 11.7 Å². The number of likely N-dealkylation sites (N-methyl/N-ethyl adjacent to an activating group) is 1. The molecule has 1 aromatic carbocycles. The fourth-order valence-electron chi connectivity index (χ4n) is 5.64. The van der Waals surface area contributed by atoms with Gasteiger partial charge in [-0.25, -0.2) is 0 Å². The van der Waals surface area contributed by atoms with Crippen molar-refractivity contribution < 1.29 is 14.4 Å². The average Bonchev–Trinajstić information content (AvgIpc) is 3.19. The Kier molecular flexibility index (Phi) is 10.5. The van der Waals surface area contributed by atoms with Crippen molar-refractivity contribution in [3.63, 3.8) is 0 Å². The third-order valence-electron chi connectivity index (χ3n) is 8.35. The number of carbonyl (C=O) groups is 3. The molecule has 3 amide bonds. The summed E-state index contributed by atoms with van der Waals surface area (Å²) in [5.41, 5.74) is 7.30. The maximum absolute atomic E-state index is 13.5. The molecule has 3 atom stereocenters. The SMILES string of the molecule is CCC(=O)N[C@@H](C(=O)N1CCN(C)CC1)[C@@H](CC)c1ccc(NC(=O)[C@](C)(N)C2CCCCCC2)cc1. The van der Waals surface area contributed by atoms with Crippen LogP contribution in [0.1, 0.15) is 83.6 Å². The van der Waals surface area contributed by atoms with Crippen LogP contribution < -0.4 is 16.4 Å². The molecule has 37 heavy (non-hydrogen) atoms. The van der Waals surface area contributed by atoms with Crippen molar-refractivity contribution in [2.75, 3.05) is 38.5 Å². The van der Waals surface area contributed by atoms with Gasteiger partial charge in [0.2, 0.25) is 17.7 Å². The fraction of sp³-hybridized carbons (Fsp3) is 0.690. The monoisotopic (exact) mass is 513 g/mol. The zero-order chi connectivity index (χ0) is 27.0. The molecule has 206 valence electrons. The van der Waals surface area contributed by atoms with Crippen molar-refractivity contribution in [1.29, 1.82) is 0 Å². The predicted molar refractivity (Wildman–Crippen MR) is 148 cm³/mol. The minimum Gasteiger partial charge on any atom is -0.344 e. The number of anilines is 1. The van der Waals surface area contributed by atoms with Crippen LogP contribution in [-0.2, 0) is 14.4 Å². The number of nitrogens with two attached hydrogens (primary N) is 1. The Morgan fingerprint density at radius 1 is 1.00 bits per heavy atom. The van der Waals surface area contributed by atoms with E-state index in [4.69, 9.17) is 5.73 Å². The van der Waals surface area contributed by atoms with E-state index in [9.17, 15) is 14.4 Å².